The molecule has 3 aromatic heterocycles. The van der Waals surface area contributed by atoms with Gasteiger partial charge in [0.2, 0.25) is 0 Å². The van der Waals surface area contributed by atoms with Gasteiger partial charge < -0.3 is 5.73 Å². The van der Waals surface area contributed by atoms with Crippen molar-refractivity contribution < 1.29 is 35.1 Å². The van der Waals surface area contributed by atoms with Crippen LogP contribution in [0.3, 0.4) is 0 Å². The molecule has 144 valence electrons. The van der Waals surface area contributed by atoms with Gasteiger partial charge in [-0.2, -0.15) is 31.0 Å². The van der Waals surface area contributed by atoms with E-state index < -0.39 is 58.3 Å². The van der Waals surface area contributed by atoms with E-state index in [9.17, 15) is 35.1 Å². The number of nitrogens with zero attached hydrogens (tertiary/aromatic N) is 4. The van der Waals surface area contributed by atoms with Crippen molar-refractivity contribution >= 4 is 16.9 Å². The highest BCUT2D eigenvalue weighted by atomic mass is 19.4. The zero-order valence-electron chi connectivity index (χ0n) is 12.8. The number of anilines is 1. The molecular formula is C14H7F8N5. The van der Waals surface area contributed by atoms with E-state index in [1.54, 1.807) is 0 Å². The molecule has 5 nitrogen and oxygen atoms in total. The van der Waals surface area contributed by atoms with E-state index in [1.165, 1.54) is 0 Å². The maximum atomic E-state index is 13.3. The fraction of sp³-hybridized carbons (Fsp3) is 0.214. The number of aromatic nitrogens is 4. The van der Waals surface area contributed by atoms with Crippen molar-refractivity contribution in [2.45, 2.75) is 18.8 Å². The van der Waals surface area contributed by atoms with Gasteiger partial charge in [-0.05, 0) is 18.2 Å². The Morgan fingerprint density at radius 3 is 2.26 bits per heavy atom. The van der Waals surface area contributed by atoms with Crippen LogP contribution < -0.4 is 5.73 Å². The zero-order chi connectivity index (χ0) is 20.1. The van der Waals surface area contributed by atoms with Gasteiger partial charge in [0, 0.05) is 6.20 Å². The summed E-state index contributed by atoms with van der Waals surface area (Å²) in [5, 5.41) is 2.52. The van der Waals surface area contributed by atoms with Crippen LogP contribution >= 0.6 is 0 Å². The molecule has 0 atom stereocenters. The number of halogens is 8. The molecule has 0 spiro atoms. The average Bonchev–Trinajstić information content (AvgIpc) is 2.89. The fourth-order valence-electron chi connectivity index (χ4n) is 2.40. The topological polar surface area (TPSA) is 69.6 Å². The Morgan fingerprint density at radius 2 is 1.70 bits per heavy atom. The van der Waals surface area contributed by atoms with Gasteiger partial charge in [0.1, 0.15) is 11.5 Å². The molecule has 2 N–H and O–H groups in total. The molecule has 0 bridgehead atoms. The molecule has 3 rings (SSSR count). The molecule has 3 heterocycles. The van der Waals surface area contributed by atoms with Gasteiger partial charge in [-0.15, -0.1) is 5.10 Å². The molecule has 27 heavy (non-hydrogen) atoms. The third-order valence-corrected chi connectivity index (χ3v) is 3.53. The molecule has 0 saturated carbocycles. The summed E-state index contributed by atoms with van der Waals surface area (Å²) < 4.78 is 105. The van der Waals surface area contributed by atoms with Crippen LogP contribution in [0.5, 0.6) is 0 Å². The lowest BCUT2D eigenvalue weighted by atomic mass is 10.1. The maximum Gasteiger partial charge on any atom is 0.433 e. The third kappa shape index (κ3) is 3.24. The summed E-state index contributed by atoms with van der Waals surface area (Å²) in [4.78, 5) is 6.65. The van der Waals surface area contributed by atoms with Gasteiger partial charge in [-0.1, -0.05) is 0 Å². The lowest BCUT2D eigenvalue weighted by Crippen LogP contribution is -2.13. The second-order valence-corrected chi connectivity index (χ2v) is 5.26. The molecule has 0 aliphatic carbocycles. The molecule has 13 heteroatoms. The highest BCUT2D eigenvalue weighted by Gasteiger charge is 2.41. The minimum absolute atomic E-state index is 0.211. The quantitative estimate of drug-likeness (QED) is 0.652. The minimum atomic E-state index is -5.22. The summed E-state index contributed by atoms with van der Waals surface area (Å²) in [6, 6.07) is 1.86. The van der Waals surface area contributed by atoms with Crippen LogP contribution in [0, 0.1) is 0 Å². The summed E-state index contributed by atoms with van der Waals surface area (Å²) in [5.41, 5.74) is 0.288. The lowest BCUT2D eigenvalue weighted by molar-refractivity contribution is -0.144. The first-order valence-electron chi connectivity index (χ1n) is 6.98. The summed E-state index contributed by atoms with van der Waals surface area (Å²) in [6.07, 6.45) is -12.4. The van der Waals surface area contributed by atoms with Crippen LogP contribution in [0.15, 0.2) is 24.4 Å². The number of hydrogen-bond acceptors (Lipinski definition) is 4. The van der Waals surface area contributed by atoms with Crippen LogP contribution in [0.4, 0.5) is 40.9 Å². The fourth-order valence-corrected chi connectivity index (χ4v) is 2.40. The molecular weight excluding hydrogens is 390 g/mol. The number of nitrogen functional groups attached to an aromatic ring is 1. The summed E-state index contributed by atoms with van der Waals surface area (Å²) in [6.45, 7) is 0. The number of rotatable bonds is 2. The Bertz CT molecular complexity index is 1010. The van der Waals surface area contributed by atoms with Gasteiger partial charge in [0.15, 0.2) is 11.5 Å². The average molecular weight is 397 g/mol. The van der Waals surface area contributed by atoms with Gasteiger partial charge >= 0.3 is 12.4 Å². The van der Waals surface area contributed by atoms with E-state index in [0.717, 1.165) is 18.3 Å². The van der Waals surface area contributed by atoms with Crippen LogP contribution in [0.1, 0.15) is 23.2 Å². The number of nitrogens with two attached hydrogens (primary N) is 1. The Balaban J connectivity index is 2.38. The van der Waals surface area contributed by atoms with Crippen molar-refractivity contribution in [2.75, 3.05) is 5.73 Å². The highest BCUT2D eigenvalue weighted by Crippen LogP contribution is 2.41. The van der Waals surface area contributed by atoms with Crippen molar-refractivity contribution in [1.82, 2.24) is 19.7 Å². The minimum Gasteiger partial charge on any atom is -0.383 e. The Morgan fingerprint density at radius 1 is 1.04 bits per heavy atom. The van der Waals surface area contributed by atoms with Crippen molar-refractivity contribution in [3.63, 3.8) is 0 Å². The third-order valence-electron chi connectivity index (χ3n) is 3.53. The Hall–Kier alpha value is -2.99. The number of hydrogen-bond donors (Lipinski definition) is 1. The second kappa shape index (κ2) is 6.03. The molecule has 0 aliphatic rings. The molecule has 0 unspecified atom stereocenters. The van der Waals surface area contributed by atoms with Crippen molar-refractivity contribution in [3.05, 3.63) is 41.2 Å². The van der Waals surface area contributed by atoms with Crippen molar-refractivity contribution in [2.24, 2.45) is 0 Å². The summed E-state index contributed by atoms with van der Waals surface area (Å²) >= 11 is 0. The molecule has 0 saturated heterocycles. The molecule has 0 amide bonds. The van der Waals surface area contributed by atoms with E-state index >= 15 is 0 Å². The summed E-state index contributed by atoms with van der Waals surface area (Å²) in [7, 11) is 0. The number of alkyl halides is 8. The second-order valence-electron chi connectivity index (χ2n) is 5.26. The molecule has 0 fully saturated rings. The predicted molar refractivity (Wildman–Crippen MR) is 76.0 cm³/mol. The predicted octanol–water partition coefficient (Wildman–Crippen LogP) is 4.37. The first kappa shape index (κ1) is 18.8. The number of pyridine rings is 2. The van der Waals surface area contributed by atoms with Crippen LogP contribution in [-0.4, -0.2) is 19.7 Å². The first-order chi connectivity index (χ1) is 12.4. The van der Waals surface area contributed by atoms with E-state index in [4.69, 9.17) is 5.73 Å². The number of fused-ring (bicyclic) bond motifs is 1. The molecule has 0 aliphatic heterocycles. The maximum absolute atomic E-state index is 13.3. The summed E-state index contributed by atoms with van der Waals surface area (Å²) in [5.74, 6) is -1.44. The van der Waals surface area contributed by atoms with Gasteiger partial charge in [0.05, 0.1) is 16.5 Å². The van der Waals surface area contributed by atoms with Crippen LogP contribution in [0.25, 0.3) is 16.9 Å². The van der Waals surface area contributed by atoms with Gasteiger partial charge in [-0.25, -0.2) is 18.7 Å². The molecule has 0 aromatic carbocycles. The van der Waals surface area contributed by atoms with Crippen LogP contribution in [0.2, 0.25) is 0 Å². The van der Waals surface area contributed by atoms with E-state index in [1.807, 2.05) is 0 Å². The lowest BCUT2D eigenvalue weighted by Gasteiger charge is -2.12. The van der Waals surface area contributed by atoms with E-state index in [2.05, 4.69) is 15.1 Å². The van der Waals surface area contributed by atoms with E-state index in [0.29, 0.717) is 4.68 Å². The Labute approximate surface area is 144 Å². The normalized spacial score (nSPS) is 12.9. The standard InChI is InChI=1S/C14H7F8N5/c15-9(16)5-2-1-3-24-12(5)27-10(23)8-6(13(17,18)19)4-7(14(20,21)22)25-11(8)26-27/h1-4,9H,23H2. The first-order valence-corrected chi connectivity index (χ1v) is 6.98. The molecule has 3 aromatic rings. The van der Waals surface area contributed by atoms with Crippen LogP contribution in [-0.2, 0) is 12.4 Å². The monoisotopic (exact) mass is 397 g/mol. The Kier molecular flexibility index (Phi) is 4.19. The largest absolute Gasteiger partial charge is 0.433 e. The van der Waals surface area contributed by atoms with Crippen molar-refractivity contribution in [3.8, 4) is 5.82 Å². The zero-order valence-corrected chi connectivity index (χ0v) is 12.8. The smallest absolute Gasteiger partial charge is 0.383 e. The highest BCUT2D eigenvalue weighted by molar-refractivity contribution is 5.91. The van der Waals surface area contributed by atoms with Gasteiger partial charge in [0.25, 0.3) is 6.43 Å². The SMILES string of the molecule is Nc1c2c(C(F)(F)F)cc(C(F)(F)F)nc2nn1-c1ncccc1C(F)F. The van der Waals surface area contributed by atoms with Gasteiger partial charge in [-0.3, -0.25) is 0 Å². The van der Waals surface area contributed by atoms with Crippen molar-refractivity contribution in [1.29, 1.82) is 0 Å². The van der Waals surface area contributed by atoms with E-state index in [-0.39, 0.29) is 6.07 Å². The molecule has 0 radical (unpaired) electrons.